The molecular weight excluding hydrogens is 174 g/mol. The molecule has 0 bridgehead atoms. The molecule has 0 amide bonds. The van der Waals surface area contributed by atoms with E-state index in [1.54, 1.807) is 6.07 Å². The number of esters is 1. The molecule has 0 aromatic carbocycles. The fraction of sp³-hybridized carbons (Fsp3) is 0.250. The Balaban J connectivity index is 2.81. The van der Waals surface area contributed by atoms with E-state index in [2.05, 4.69) is 9.47 Å². The van der Waals surface area contributed by atoms with Crippen LogP contribution in [0, 0.1) is 11.5 Å². The van der Waals surface area contributed by atoms with Gasteiger partial charge in [-0.3, -0.25) is 0 Å². The molecule has 0 aliphatic rings. The lowest BCUT2D eigenvalue weighted by molar-refractivity contribution is -0.151. The fourth-order valence-corrected chi connectivity index (χ4v) is 0.823. The largest absolute Gasteiger partial charge is 0.466 e. The molecule has 1 heterocycles. The van der Waals surface area contributed by atoms with Gasteiger partial charge in [-0.05, 0) is 12.1 Å². The standard InChI is InChI=1S/C8H7NO4/c1-11-8(10)7(13-5-9)6-3-2-4-12-6/h2-4,7H,1H3. The van der Waals surface area contributed by atoms with E-state index >= 15 is 0 Å². The Morgan fingerprint density at radius 2 is 2.54 bits per heavy atom. The number of methoxy groups -OCH3 is 1. The average Bonchev–Trinajstić information content (AvgIpc) is 2.65. The Hall–Kier alpha value is -1.96. The summed E-state index contributed by atoms with van der Waals surface area (Å²) < 4.78 is 13.8. The lowest BCUT2D eigenvalue weighted by Crippen LogP contribution is -2.15. The van der Waals surface area contributed by atoms with Crippen LogP contribution in [0.1, 0.15) is 11.9 Å². The van der Waals surface area contributed by atoms with Crippen LogP contribution >= 0.6 is 0 Å². The summed E-state index contributed by atoms with van der Waals surface area (Å²) >= 11 is 0. The van der Waals surface area contributed by atoms with Crippen molar-refractivity contribution in [2.75, 3.05) is 7.11 Å². The van der Waals surface area contributed by atoms with Gasteiger partial charge < -0.3 is 13.9 Å². The molecule has 0 saturated heterocycles. The number of ether oxygens (including phenoxy) is 2. The topological polar surface area (TPSA) is 72.5 Å². The van der Waals surface area contributed by atoms with Gasteiger partial charge in [0.2, 0.25) is 0 Å². The van der Waals surface area contributed by atoms with E-state index in [1.165, 1.54) is 25.7 Å². The molecule has 1 aromatic rings. The number of carbonyl (C=O) groups is 1. The van der Waals surface area contributed by atoms with Gasteiger partial charge in [0.25, 0.3) is 12.4 Å². The van der Waals surface area contributed by atoms with Gasteiger partial charge in [-0.1, -0.05) is 0 Å². The van der Waals surface area contributed by atoms with Crippen LogP contribution in [0.2, 0.25) is 0 Å². The van der Waals surface area contributed by atoms with E-state index in [1.807, 2.05) is 0 Å². The van der Waals surface area contributed by atoms with Crippen LogP contribution in [0.25, 0.3) is 0 Å². The summed E-state index contributed by atoms with van der Waals surface area (Å²) in [5.74, 6) is -0.426. The molecule has 1 atom stereocenters. The fourth-order valence-electron chi connectivity index (χ4n) is 0.823. The van der Waals surface area contributed by atoms with Gasteiger partial charge in [-0.25, -0.2) is 4.79 Å². The molecule has 0 spiro atoms. The number of furan rings is 1. The average molecular weight is 181 g/mol. The summed E-state index contributed by atoms with van der Waals surface area (Å²) in [5.41, 5.74) is 0. The zero-order chi connectivity index (χ0) is 9.68. The van der Waals surface area contributed by atoms with E-state index in [0.29, 0.717) is 0 Å². The first-order chi connectivity index (χ1) is 6.29. The Morgan fingerprint density at radius 1 is 1.77 bits per heavy atom. The number of hydrogen-bond acceptors (Lipinski definition) is 5. The van der Waals surface area contributed by atoms with Crippen molar-refractivity contribution in [2.24, 2.45) is 0 Å². The highest BCUT2D eigenvalue weighted by atomic mass is 16.6. The van der Waals surface area contributed by atoms with Crippen molar-refractivity contribution < 1.29 is 18.7 Å². The van der Waals surface area contributed by atoms with Gasteiger partial charge in [-0.15, -0.1) is 0 Å². The molecule has 0 radical (unpaired) electrons. The molecule has 1 rings (SSSR count). The second-order valence-electron chi connectivity index (χ2n) is 2.13. The Labute approximate surface area is 74.5 Å². The van der Waals surface area contributed by atoms with E-state index in [0.717, 1.165) is 0 Å². The van der Waals surface area contributed by atoms with Crippen LogP contribution in [0.15, 0.2) is 22.8 Å². The number of rotatable bonds is 3. The smallest absolute Gasteiger partial charge is 0.356 e. The van der Waals surface area contributed by atoms with Crippen LogP contribution in [-0.4, -0.2) is 13.1 Å². The highest BCUT2D eigenvalue weighted by molar-refractivity contribution is 5.75. The van der Waals surface area contributed by atoms with Crippen molar-refractivity contribution in [1.29, 1.82) is 5.26 Å². The molecular formula is C8H7NO4. The maximum absolute atomic E-state index is 11.0. The predicted octanol–water partition coefficient (Wildman–Crippen LogP) is 0.991. The monoisotopic (exact) mass is 181 g/mol. The first-order valence-electron chi connectivity index (χ1n) is 3.45. The number of nitrogens with zero attached hydrogens (tertiary/aromatic N) is 1. The first kappa shape index (κ1) is 9.13. The molecule has 0 N–H and O–H groups in total. The SMILES string of the molecule is COC(=O)C(OC#N)c1ccco1. The molecule has 68 valence electrons. The summed E-state index contributed by atoms with van der Waals surface area (Å²) in [5, 5.41) is 8.26. The minimum absolute atomic E-state index is 0.244. The van der Waals surface area contributed by atoms with Crippen molar-refractivity contribution in [3.8, 4) is 6.26 Å². The lowest BCUT2D eigenvalue weighted by atomic mass is 10.3. The molecule has 13 heavy (non-hydrogen) atoms. The number of carbonyl (C=O) groups excluding carboxylic acids is 1. The molecule has 0 aliphatic carbocycles. The third-order valence-corrected chi connectivity index (χ3v) is 1.39. The van der Waals surface area contributed by atoms with Crippen molar-refractivity contribution in [2.45, 2.75) is 6.10 Å². The van der Waals surface area contributed by atoms with Crippen LogP contribution < -0.4 is 0 Å². The quantitative estimate of drug-likeness (QED) is 0.513. The summed E-state index contributed by atoms with van der Waals surface area (Å²) in [6, 6.07) is 3.12. The van der Waals surface area contributed by atoms with E-state index < -0.39 is 12.1 Å². The highest BCUT2D eigenvalue weighted by Crippen LogP contribution is 2.18. The molecule has 0 saturated carbocycles. The van der Waals surface area contributed by atoms with E-state index in [4.69, 9.17) is 9.68 Å². The molecule has 1 aromatic heterocycles. The van der Waals surface area contributed by atoms with E-state index in [9.17, 15) is 4.79 Å². The van der Waals surface area contributed by atoms with Crippen molar-refractivity contribution in [3.63, 3.8) is 0 Å². The van der Waals surface area contributed by atoms with Gasteiger partial charge >= 0.3 is 5.97 Å². The third kappa shape index (κ3) is 1.99. The maximum Gasteiger partial charge on any atom is 0.356 e. The summed E-state index contributed by atoms with van der Waals surface area (Å²) in [7, 11) is 1.21. The van der Waals surface area contributed by atoms with Crippen LogP contribution in [0.4, 0.5) is 0 Å². The molecule has 5 nitrogen and oxygen atoms in total. The zero-order valence-electron chi connectivity index (χ0n) is 6.89. The predicted molar refractivity (Wildman–Crippen MR) is 40.2 cm³/mol. The molecule has 0 fully saturated rings. The summed E-state index contributed by atoms with van der Waals surface area (Å²) in [6.45, 7) is 0. The van der Waals surface area contributed by atoms with E-state index in [-0.39, 0.29) is 5.76 Å². The van der Waals surface area contributed by atoms with Crippen LogP contribution in [0.3, 0.4) is 0 Å². The van der Waals surface area contributed by atoms with Gasteiger partial charge in [0.05, 0.1) is 13.4 Å². The molecule has 1 unspecified atom stereocenters. The van der Waals surface area contributed by atoms with Crippen molar-refractivity contribution >= 4 is 5.97 Å². The third-order valence-electron chi connectivity index (χ3n) is 1.39. The van der Waals surface area contributed by atoms with Crippen LogP contribution in [-0.2, 0) is 14.3 Å². The zero-order valence-corrected chi connectivity index (χ0v) is 6.89. The second kappa shape index (κ2) is 4.16. The first-order valence-corrected chi connectivity index (χ1v) is 3.45. The van der Waals surface area contributed by atoms with Crippen LogP contribution in [0.5, 0.6) is 0 Å². The highest BCUT2D eigenvalue weighted by Gasteiger charge is 2.25. The number of hydrogen-bond donors (Lipinski definition) is 0. The van der Waals surface area contributed by atoms with Gasteiger partial charge in [0, 0.05) is 0 Å². The Bertz CT molecular complexity index is 311. The van der Waals surface area contributed by atoms with Crippen molar-refractivity contribution in [3.05, 3.63) is 24.2 Å². The molecule has 5 heteroatoms. The second-order valence-corrected chi connectivity index (χ2v) is 2.13. The van der Waals surface area contributed by atoms with Gasteiger partial charge in [0.15, 0.2) is 5.76 Å². The van der Waals surface area contributed by atoms with Gasteiger partial charge in [0.1, 0.15) is 0 Å². The number of nitriles is 1. The maximum atomic E-state index is 11.0. The minimum atomic E-state index is -1.11. The summed E-state index contributed by atoms with van der Waals surface area (Å²) in [6.07, 6.45) is 1.68. The van der Waals surface area contributed by atoms with Gasteiger partial charge in [-0.2, -0.15) is 5.26 Å². The molecule has 0 aliphatic heterocycles. The summed E-state index contributed by atoms with van der Waals surface area (Å²) in [4.78, 5) is 11.0. The Morgan fingerprint density at radius 3 is 3.00 bits per heavy atom. The normalized spacial score (nSPS) is 11.4. The lowest BCUT2D eigenvalue weighted by Gasteiger charge is -2.07. The Kier molecular flexibility index (Phi) is 2.92. The minimum Gasteiger partial charge on any atom is -0.466 e. The van der Waals surface area contributed by atoms with Crippen molar-refractivity contribution in [1.82, 2.24) is 0 Å².